The van der Waals surface area contributed by atoms with E-state index in [0.717, 1.165) is 5.56 Å². The van der Waals surface area contributed by atoms with Crippen molar-refractivity contribution in [2.24, 2.45) is 4.99 Å². The first-order valence-electron chi connectivity index (χ1n) is 3.81. The quantitative estimate of drug-likeness (QED) is 0.661. The van der Waals surface area contributed by atoms with Crippen molar-refractivity contribution in [1.82, 2.24) is 0 Å². The van der Waals surface area contributed by atoms with E-state index in [9.17, 15) is 5.11 Å². The molecule has 0 aliphatic carbocycles. The van der Waals surface area contributed by atoms with Crippen LogP contribution in [0.25, 0.3) is 0 Å². The van der Waals surface area contributed by atoms with Crippen LogP contribution in [0.3, 0.4) is 0 Å². The molecule has 1 aromatic carbocycles. The fourth-order valence-electron chi connectivity index (χ4n) is 1.23. The van der Waals surface area contributed by atoms with Gasteiger partial charge in [-0.15, -0.1) is 0 Å². The summed E-state index contributed by atoms with van der Waals surface area (Å²) in [5, 5.41) is 9.93. The zero-order valence-electron chi connectivity index (χ0n) is 6.51. The maximum atomic E-state index is 9.93. The second-order valence-corrected chi connectivity index (χ2v) is 2.79. The third-order valence-corrected chi connectivity index (χ3v) is 1.92. The van der Waals surface area contributed by atoms with Gasteiger partial charge in [0.2, 0.25) is 0 Å². The maximum Gasteiger partial charge on any atom is 0.145 e. The lowest BCUT2D eigenvalue weighted by molar-refractivity contribution is 0.173. The molecule has 0 spiro atoms. The Morgan fingerprint density at radius 3 is 2.50 bits per heavy atom. The second-order valence-electron chi connectivity index (χ2n) is 2.79. The van der Waals surface area contributed by atoms with E-state index < -0.39 is 5.60 Å². The number of hydrogen-bond acceptors (Lipinski definition) is 2. The van der Waals surface area contributed by atoms with Gasteiger partial charge in [-0.05, 0) is 11.6 Å². The Balaban J connectivity index is 2.43. The van der Waals surface area contributed by atoms with Crippen molar-refractivity contribution in [1.29, 1.82) is 0 Å². The van der Waals surface area contributed by atoms with E-state index in [0.29, 0.717) is 0 Å². The number of nitrogens with zero attached hydrogens (tertiary/aromatic N) is 1. The van der Waals surface area contributed by atoms with Crippen LogP contribution in [0.2, 0.25) is 0 Å². The van der Waals surface area contributed by atoms with E-state index in [-0.39, 0.29) is 0 Å². The van der Waals surface area contributed by atoms with Crippen molar-refractivity contribution in [3.63, 3.8) is 0 Å². The van der Waals surface area contributed by atoms with Crippen molar-refractivity contribution >= 4 is 6.21 Å². The summed E-state index contributed by atoms with van der Waals surface area (Å²) < 4.78 is 0. The second kappa shape index (κ2) is 2.57. The molecular weight excluding hydrogens is 150 g/mol. The van der Waals surface area contributed by atoms with Gasteiger partial charge in [0.05, 0.1) is 0 Å². The summed E-state index contributed by atoms with van der Waals surface area (Å²) in [6, 6.07) is 9.46. The normalized spacial score (nSPS) is 26.4. The monoisotopic (exact) mass is 159 g/mol. The van der Waals surface area contributed by atoms with Gasteiger partial charge in [0.1, 0.15) is 5.60 Å². The van der Waals surface area contributed by atoms with Crippen LogP contribution in [0.1, 0.15) is 5.56 Å². The highest BCUT2D eigenvalue weighted by molar-refractivity contribution is 5.77. The van der Waals surface area contributed by atoms with Crippen LogP contribution >= 0.6 is 0 Å². The molecule has 2 rings (SSSR count). The first-order valence-corrected chi connectivity index (χ1v) is 3.81. The van der Waals surface area contributed by atoms with Gasteiger partial charge in [-0.1, -0.05) is 30.3 Å². The summed E-state index contributed by atoms with van der Waals surface area (Å²) in [5.41, 5.74) is -0.135. The fraction of sp³-hybridized carbons (Fsp3) is 0.100. The third-order valence-electron chi connectivity index (χ3n) is 1.92. The minimum absolute atomic E-state index is 0.850. The highest BCUT2D eigenvalue weighted by Crippen LogP contribution is 2.23. The van der Waals surface area contributed by atoms with E-state index in [1.54, 1.807) is 12.3 Å². The first kappa shape index (κ1) is 7.25. The van der Waals surface area contributed by atoms with Gasteiger partial charge >= 0.3 is 0 Å². The Morgan fingerprint density at radius 2 is 1.92 bits per heavy atom. The molecule has 1 N–H and O–H groups in total. The van der Waals surface area contributed by atoms with Crippen molar-refractivity contribution in [3.8, 4) is 0 Å². The minimum Gasteiger partial charge on any atom is -0.376 e. The lowest BCUT2D eigenvalue weighted by Gasteiger charge is -2.16. The molecule has 0 fully saturated rings. The number of rotatable bonds is 1. The van der Waals surface area contributed by atoms with E-state index in [4.69, 9.17) is 0 Å². The number of hydrogen-bond donors (Lipinski definition) is 1. The van der Waals surface area contributed by atoms with Gasteiger partial charge in [0.25, 0.3) is 0 Å². The Labute approximate surface area is 70.9 Å². The first-order chi connectivity index (χ1) is 5.81. The standard InChI is InChI=1S/C10H9NO/c12-10(6-7-11-8-10)9-4-2-1-3-5-9/h1-8,12H. The minimum atomic E-state index is -0.985. The molecule has 1 aromatic rings. The predicted octanol–water partition coefficient (Wildman–Crippen LogP) is 1.47. The maximum absolute atomic E-state index is 9.93. The lowest BCUT2D eigenvalue weighted by atomic mass is 9.96. The molecule has 0 saturated heterocycles. The summed E-state index contributed by atoms with van der Waals surface area (Å²) >= 11 is 0. The van der Waals surface area contributed by atoms with Crippen LogP contribution < -0.4 is 0 Å². The molecule has 1 unspecified atom stereocenters. The Morgan fingerprint density at radius 1 is 1.17 bits per heavy atom. The molecular formula is C10H9NO. The zero-order valence-corrected chi connectivity index (χ0v) is 6.51. The highest BCUT2D eigenvalue weighted by Gasteiger charge is 2.25. The van der Waals surface area contributed by atoms with Crippen LogP contribution in [0.15, 0.2) is 47.6 Å². The van der Waals surface area contributed by atoms with Gasteiger partial charge in [0.15, 0.2) is 0 Å². The van der Waals surface area contributed by atoms with E-state index >= 15 is 0 Å². The van der Waals surface area contributed by atoms with Crippen LogP contribution in [0, 0.1) is 0 Å². The molecule has 0 saturated carbocycles. The summed E-state index contributed by atoms with van der Waals surface area (Å²) in [7, 11) is 0. The van der Waals surface area contributed by atoms with Crippen LogP contribution in [0.4, 0.5) is 0 Å². The Hall–Kier alpha value is -1.41. The molecule has 60 valence electrons. The van der Waals surface area contributed by atoms with Gasteiger partial charge in [-0.3, -0.25) is 4.99 Å². The van der Waals surface area contributed by atoms with Crippen LogP contribution in [0.5, 0.6) is 0 Å². The molecule has 0 amide bonds. The van der Waals surface area contributed by atoms with Crippen molar-refractivity contribution in [3.05, 3.63) is 48.2 Å². The summed E-state index contributed by atoms with van der Waals surface area (Å²) in [6.45, 7) is 0. The van der Waals surface area contributed by atoms with Gasteiger partial charge < -0.3 is 5.11 Å². The molecule has 1 aliphatic rings. The molecule has 1 heterocycles. The predicted molar refractivity (Wildman–Crippen MR) is 48.0 cm³/mol. The van der Waals surface area contributed by atoms with Crippen molar-refractivity contribution < 1.29 is 5.11 Å². The summed E-state index contributed by atoms with van der Waals surface area (Å²) in [6.07, 6.45) is 4.80. The van der Waals surface area contributed by atoms with Crippen LogP contribution in [-0.2, 0) is 5.60 Å². The van der Waals surface area contributed by atoms with Crippen LogP contribution in [-0.4, -0.2) is 11.3 Å². The van der Waals surface area contributed by atoms with Gasteiger partial charge in [0, 0.05) is 12.4 Å². The SMILES string of the molecule is OC1(c2ccccc2)C=CN=C1. The smallest absolute Gasteiger partial charge is 0.145 e. The average Bonchev–Trinajstić information content (AvgIpc) is 2.55. The zero-order chi connectivity index (χ0) is 8.44. The Kier molecular flexibility index (Phi) is 1.55. The molecule has 12 heavy (non-hydrogen) atoms. The molecule has 0 aromatic heterocycles. The molecule has 2 nitrogen and oxygen atoms in total. The summed E-state index contributed by atoms with van der Waals surface area (Å²) in [4.78, 5) is 3.86. The number of aliphatic hydroxyl groups is 1. The molecule has 1 atom stereocenters. The number of aliphatic imine (C=N–C) groups is 1. The fourth-order valence-corrected chi connectivity index (χ4v) is 1.23. The highest BCUT2D eigenvalue weighted by atomic mass is 16.3. The van der Waals surface area contributed by atoms with Crippen molar-refractivity contribution in [2.75, 3.05) is 0 Å². The van der Waals surface area contributed by atoms with Gasteiger partial charge in [-0.2, -0.15) is 0 Å². The van der Waals surface area contributed by atoms with E-state index in [2.05, 4.69) is 4.99 Å². The van der Waals surface area contributed by atoms with E-state index in [1.165, 1.54) is 6.21 Å². The third kappa shape index (κ3) is 1.06. The largest absolute Gasteiger partial charge is 0.376 e. The topological polar surface area (TPSA) is 32.6 Å². The van der Waals surface area contributed by atoms with Crippen molar-refractivity contribution in [2.45, 2.75) is 5.60 Å². The Bertz CT molecular complexity index is 315. The molecule has 0 radical (unpaired) electrons. The van der Waals surface area contributed by atoms with Gasteiger partial charge in [-0.25, -0.2) is 0 Å². The summed E-state index contributed by atoms with van der Waals surface area (Å²) in [5.74, 6) is 0. The number of benzene rings is 1. The molecule has 1 aliphatic heterocycles. The average molecular weight is 159 g/mol. The van der Waals surface area contributed by atoms with E-state index in [1.807, 2.05) is 30.3 Å². The molecule has 0 bridgehead atoms. The lowest BCUT2D eigenvalue weighted by Crippen LogP contribution is -2.22. The molecule has 2 heteroatoms.